The number of alkyl halides is 2. The van der Waals surface area contributed by atoms with Gasteiger partial charge in [0, 0.05) is 31.8 Å². The second-order valence-electron chi connectivity index (χ2n) is 9.85. The van der Waals surface area contributed by atoms with E-state index in [1.54, 1.807) is 62.4 Å². The Morgan fingerprint density at radius 1 is 1.17 bits per heavy atom. The third kappa shape index (κ3) is 6.47. The van der Waals surface area contributed by atoms with Gasteiger partial charge < -0.3 is 16.2 Å². The second kappa shape index (κ2) is 11.3. The molecule has 10 heteroatoms. The van der Waals surface area contributed by atoms with Gasteiger partial charge in [-0.25, -0.2) is 17.2 Å². The van der Waals surface area contributed by atoms with Gasteiger partial charge in [0.1, 0.15) is 0 Å². The van der Waals surface area contributed by atoms with Gasteiger partial charge in [0.2, 0.25) is 21.9 Å². The minimum Gasteiger partial charge on any atom is -0.389 e. The molecule has 0 bridgehead atoms. The molecular formula is C26H35F2N3O4S. The van der Waals surface area contributed by atoms with E-state index in [1.807, 2.05) is 0 Å². The van der Waals surface area contributed by atoms with Crippen LogP contribution in [-0.4, -0.2) is 55.4 Å². The van der Waals surface area contributed by atoms with Crippen LogP contribution in [0.3, 0.4) is 0 Å². The Hall–Kier alpha value is -2.40. The molecule has 0 aromatic heterocycles. The van der Waals surface area contributed by atoms with Crippen LogP contribution in [0.1, 0.15) is 38.7 Å². The Balaban J connectivity index is 1.93. The lowest BCUT2D eigenvalue weighted by atomic mass is 9.85. The summed E-state index contributed by atoms with van der Waals surface area (Å²) in [6.45, 7) is 3.34. The first-order chi connectivity index (χ1) is 16.9. The van der Waals surface area contributed by atoms with Crippen molar-refractivity contribution in [2.75, 3.05) is 19.6 Å². The zero-order valence-corrected chi connectivity index (χ0v) is 21.4. The van der Waals surface area contributed by atoms with Crippen LogP contribution in [0.5, 0.6) is 0 Å². The summed E-state index contributed by atoms with van der Waals surface area (Å²) in [6.07, 6.45) is -2.27. The van der Waals surface area contributed by atoms with E-state index < -0.39 is 45.8 Å². The Bertz CT molecular complexity index is 1120. The van der Waals surface area contributed by atoms with Crippen molar-refractivity contribution in [3.8, 4) is 0 Å². The number of aliphatic hydroxyl groups is 1. The summed E-state index contributed by atoms with van der Waals surface area (Å²) >= 11 is 0. The zero-order valence-electron chi connectivity index (χ0n) is 20.6. The first-order valence-electron chi connectivity index (χ1n) is 12.1. The Morgan fingerprint density at radius 3 is 2.28 bits per heavy atom. The smallest absolute Gasteiger partial charge is 0.248 e. The molecule has 0 heterocycles. The van der Waals surface area contributed by atoms with Crippen molar-refractivity contribution in [2.45, 2.75) is 55.6 Å². The molecular weight excluding hydrogens is 488 g/mol. The van der Waals surface area contributed by atoms with E-state index in [2.05, 4.69) is 5.32 Å². The zero-order chi connectivity index (χ0) is 26.6. The molecule has 0 aliphatic heterocycles. The highest BCUT2D eigenvalue weighted by molar-refractivity contribution is 7.89. The molecule has 1 amide bonds. The van der Waals surface area contributed by atoms with E-state index >= 15 is 0 Å². The fourth-order valence-corrected chi connectivity index (χ4v) is 6.06. The van der Waals surface area contributed by atoms with Gasteiger partial charge in [0.25, 0.3) is 0 Å². The molecule has 36 heavy (non-hydrogen) atoms. The minimum atomic E-state index is -4.00. The molecule has 2 unspecified atom stereocenters. The molecule has 1 saturated carbocycles. The van der Waals surface area contributed by atoms with Crippen molar-refractivity contribution in [1.29, 1.82) is 0 Å². The highest BCUT2D eigenvalue weighted by atomic mass is 32.2. The van der Waals surface area contributed by atoms with Gasteiger partial charge in [-0.15, -0.1) is 0 Å². The van der Waals surface area contributed by atoms with E-state index in [-0.39, 0.29) is 43.3 Å². The number of halogens is 2. The Labute approximate surface area is 211 Å². The summed E-state index contributed by atoms with van der Waals surface area (Å²) in [5, 5.41) is 14.3. The van der Waals surface area contributed by atoms with Crippen LogP contribution in [0.4, 0.5) is 8.78 Å². The number of hydrogen-bond acceptors (Lipinski definition) is 5. The van der Waals surface area contributed by atoms with Crippen molar-refractivity contribution < 1.29 is 27.1 Å². The van der Waals surface area contributed by atoms with Crippen LogP contribution < -0.4 is 11.1 Å². The maximum atomic E-state index is 13.8. The average Bonchev–Trinajstić information content (AvgIpc) is 3.24. The third-order valence-corrected chi connectivity index (χ3v) is 8.72. The first kappa shape index (κ1) is 28.2. The average molecular weight is 524 g/mol. The van der Waals surface area contributed by atoms with Crippen molar-refractivity contribution in [3.63, 3.8) is 0 Å². The lowest BCUT2D eigenvalue weighted by Crippen LogP contribution is -2.57. The molecule has 198 valence electrons. The molecule has 1 fully saturated rings. The lowest BCUT2D eigenvalue weighted by molar-refractivity contribution is -0.129. The normalized spacial score (nSPS) is 21.0. The summed E-state index contributed by atoms with van der Waals surface area (Å²) in [7, 11) is -4.00. The molecule has 4 atom stereocenters. The fraction of sp³-hybridized carbons (Fsp3) is 0.500. The highest BCUT2D eigenvalue weighted by Crippen LogP contribution is 2.39. The summed E-state index contributed by atoms with van der Waals surface area (Å²) in [6, 6.07) is 16.5. The maximum Gasteiger partial charge on any atom is 0.248 e. The Morgan fingerprint density at radius 2 is 1.75 bits per heavy atom. The third-order valence-electron chi connectivity index (χ3n) is 6.87. The van der Waals surface area contributed by atoms with Crippen molar-refractivity contribution in [2.24, 2.45) is 17.6 Å². The van der Waals surface area contributed by atoms with Gasteiger partial charge in [-0.1, -0.05) is 55.5 Å². The molecule has 0 saturated heterocycles. The standard InChI is InChI=1S/C26H35F2N3O4S/c1-19(16-29)17-31(36(34,35)22-11-7-4-8-12-22)18-23(32)25(2,21-9-5-3-6-10-21)30-24(33)20-13-14-26(27,28)15-20/h3-12,19-20,23,32H,13-18,29H2,1-2H3,(H,30,33)/t19?,20?,23-,25+/m1/s1. The quantitative estimate of drug-likeness (QED) is 0.419. The fourth-order valence-electron chi connectivity index (χ4n) is 4.47. The molecule has 1 aliphatic rings. The largest absolute Gasteiger partial charge is 0.389 e. The van der Waals surface area contributed by atoms with Gasteiger partial charge in [-0.3, -0.25) is 4.79 Å². The van der Waals surface area contributed by atoms with E-state index in [1.165, 1.54) is 16.4 Å². The predicted octanol–water partition coefficient (Wildman–Crippen LogP) is 3.10. The van der Waals surface area contributed by atoms with Crippen molar-refractivity contribution >= 4 is 15.9 Å². The minimum absolute atomic E-state index is 0.0440. The van der Waals surface area contributed by atoms with Gasteiger partial charge >= 0.3 is 0 Å². The van der Waals surface area contributed by atoms with Crippen LogP contribution in [-0.2, 0) is 20.4 Å². The van der Waals surface area contributed by atoms with E-state index in [4.69, 9.17) is 5.73 Å². The number of nitrogens with two attached hydrogens (primary N) is 1. The monoisotopic (exact) mass is 523 g/mol. The molecule has 3 rings (SSSR count). The van der Waals surface area contributed by atoms with Gasteiger partial charge in [0.05, 0.1) is 16.5 Å². The van der Waals surface area contributed by atoms with Crippen LogP contribution >= 0.6 is 0 Å². The number of nitrogens with one attached hydrogen (secondary N) is 1. The highest BCUT2D eigenvalue weighted by Gasteiger charge is 2.46. The summed E-state index contributed by atoms with van der Waals surface area (Å²) in [5.41, 5.74) is 4.85. The maximum absolute atomic E-state index is 13.8. The molecule has 4 N–H and O–H groups in total. The number of hydrogen-bond donors (Lipinski definition) is 3. The number of amides is 1. The number of benzene rings is 2. The van der Waals surface area contributed by atoms with Gasteiger partial charge in [0.15, 0.2) is 0 Å². The second-order valence-corrected chi connectivity index (χ2v) is 11.8. The molecule has 0 spiro atoms. The van der Waals surface area contributed by atoms with Crippen LogP contribution in [0.15, 0.2) is 65.6 Å². The van der Waals surface area contributed by atoms with Crippen molar-refractivity contribution in [3.05, 3.63) is 66.2 Å². The first-order valence-corrected chi connectivity index (χ1v) is 13.5. The molecule has 1 aliphatic carbocycles. The topological polar surface area (TPSA) is 113 Å². The Kier molecular flexibility index (Phi) is 8.87. The van der Waals surface area contributed by atoms with Crippen molar-refractivity contribution in [1.82, 2.24) is 9.62 Å². The lowest BCUT2D eigenvalue weighted by Gasteiger charge is -2.39. The number of nitrogens with zero attached hydrogens (tertiary/aromatic N) is 1. The predicted molar refractivity (Wildman–Crippen MR) is 134 cm³/mol. The SMILES string of the molecule is CC(CN)CN(C[C@@H](O)[C@@](C)(NC(=O)C1CCC(F)(F)C1)c1ccccc1)S(=O)(=O)c1ccccc1. The number of carbonyl (C=O) groups excluding carboxylic acids is 1. The summed E-state index contributed by atoms with van der Waals surface area (Å²) < 4.78 is 55.7. The molecule has 2 aromatic carbocycles. The number of aliphatic hydroxyl groups excluding tert-OH is 1. The van der Waals surface area contributed by atoms with E-state index in [0.29, 0.717) is 5.56 Å². The molecule has 7 nitrogen and oxygen atoms in total. The van der Waals surface area contributed by atoms with Crippen LogP contribution in [0, 0.1) is 11.8 Å². The number of rotatable bonds is 11. The molecule has 0 radical (unpaired) electrons. The van der Waals surface area contributed by atoms with Gasteiger partial charge in [-0.2, -0.15) is 4.31 Å². The number of sulfonamides is 1. The van der Waals surface area contributed by atoms with Crippen LogP contribution in [0.2, 0.25) is 0 Å². The van der Waals surface area contributed by atoms with E-state index in [0.717, 1.165) is 0 Å². The van der Waals surface area contributed by atoms with Gasteiger partial charge in [-0.05, 0) is 43.5 Å². The molecule has 2 aromatic rings. The number of carbonyl (C=O) groups is 1. The van der Waals surface area contributed by atoms with E-state index in [9.17, 15) is 27.1 Å². The van der Waals surface area contributed by atoms with Crippen LogP contribution in [0.25, 0.3) is 0 Å². The summed E-state index contributed by atoms with van der Waals surface area (Å²) in [4.78, 5) is 13.1. The summed E-state index contributed by atoms with van der Waals surface area (Å²) in [5.74, 6) is -4.58.